The lowest BCUT2D eigenvalue weighted by Gasteiger charge is -2.07. The molecule has 0 atom stereocenters. The molecule has 0 saturated carbocycles. The predicted molar refractivity (Wildman–Crippen MR) is 69.9 cm³/mol. The van der Waals surface area contributed by atoms with E-state index in [0.717, 1.165) is 38.6 Å². The average molecular weight is 239 g/mol. The van der Waals surface area contributed by atoms with Gasteiger partial charge in [0.15, 0.2) is 0 Å². The minimum atomic E-state index is 0.723. The first-order valence-electron chi connectivity index (χ1n) is 6.37. The predicted octanol–water partition coefficient (Wildman–Crippen LogP) is 1.88. The lowest BCUT2D eigenvalue weighted by molar-refractivity contribution is 0.125. The van der Waals surface area contributed by atoms with Crippen molar-refractivity contribution in [1.29, 1.82) is 0 Å². The van der Waals surface area contributed by atoms with Crippen LogP contribution in [-0.4, -0.2) is 29.5 Å². The normalized spacial score (nSPS) is 11.4. The Balaban J connectivity index is 2.03. The van der Waals surface area contributed by atoms with Crippen LogP contribution in [0.4, 0.5) is 0 Å². The van der Waals surface area contributed by atoms with Gasteiger partial charge in [0.25, 0.3) is 0 Å². The Morgan fingerprint density at radius 3 is 2.76 bits per heavy atom. The van der Waals surface area contributed by atoms with E-state index in [4.69, 9.17) is 4.74 Å². The Kier molecular flexibility index (Phi) is 6.22. The molecular weight excluding hydrogens is 214 g/mol. The second-order valence-electron chi connectivity index (χ2n) is 4.85. The van der Waals surface area contributed by atoms with E-state index >= 15 is 0 Å². The van der Waals surface area contributed by atoms with E-state index < -0.39 is 0 Å². The number of rotatable bonds is 8. The average Bonchev–Trinajstić information content (AvgIpc) is 2.59. The van der Waals surface area contributed by atoms with E-state index in [-0.39, 0.29) is 0 Å². The van der Waals surface area contributed by atoms with Crippen LogP contribution in [-0.2, 0) is 18.3 Å². The third-order valence-corrected chi connectivity index (χ3v) is 2.92. The van der Waals surface area contributed by atoms with E-state index in [2.05, 4.69) is 31.2 Å². The molecule has 1 rings (SSSR count). The van der Waals surface area contributed by atoms with Crippen molar-refractivity contribution in [2.75, 3.05) is 19.8 Å². The molecule has 0 bridgehead atoms. The van der Waals surface area contributed by atoms with Gasteiger partial charge in [-0.25, -0.2) is 0 Å². The zero-order valence-corrected chi connectivity index (χ0v) is 11.5. The van der Waals surface area contributed by atoms with Gasteiger partial charge in [-0.15, -0.1) is 0 Å². The Morgan fingerprint density at radius 1 is 1.41 bits per heavy atom. The van der Waals surface area contributed by atoms with Gasteiger partial charge in [0.1, 0.15) is 0 Å². The lowest BCUT2D eigenvalue weighted by Crippen LogP contribution is -2.20. The van der Waals surface area contributed by atoms with Gasteiger partial charge in [0.05, 0.1) is 12.8 Å². The van der Waals surface area contributed by atoms with Crippen molar-refractivity contribution < 1.29 is 4.74 Å². The van der Waals surface area contributed by atoms with E-state index in [0.29, 0.717) is 0 Å². The van der Waals surface area contributed by atoms with Gasteiger partial charge in [0.2, 0.25) is 0 Å². The third kappa shape index (κ3) is 5.33. The van der Waals surface area contributed by atoms with Gasteiger partial charge in [-0.1, -0.05) is 13.8 Å². The molecule has 4 heteroatoms. The monoisotopic (exact) mass is 239 g/mol. The second-order valence-corrected chi connectivity index (χ2v) is 4.85. The highest BCUT2D eigenvalue weighted by Crippen LogP contribution is 2.04. The number of ether oxygens (including phenoxy) is 1. The zero-order valence-electron chi connectivity index (χ0n) is 11.5. The molecule has 0 fully saturated rings. The minimum absolute atomic E-state index is 0.723. The Labute approximate surface area is 104 Å². The number of hydrogen-bond donors (Lipinski definition) is 1. The van der Waals surface area contributed by atoms with Crippen molar-refractivity contribution in [3.05, 3.63) is 17.5 Å². The molecule has 0 aliphatic rings. The second kappa shape index (κ2) is 7.45. The molecule has 1 N–H and O–H groups in total. The maximum atomic E-state index is 5.53. The zero-order chi connectivity index (χ0) is 12.7. The van der Waals surface area contributed by atoms with Crippen LogP contribution >= 0.6 is 0 Å². The fourth-order valence-corrected chi connectivity index (χ4v) is 1.51. The highest BCUT2D eigenvalue weighted by atomic mass is 16.5. The first-order valence-corrected chi connectivity index (χ1v) is 6.37. The van der Waals surface area contributed by atoms with Crippen molar-refractivity contribution >= 4 is 0 Å². The van der Waals surface area contributed by atoms with Crippen LogP contribution in [0.1, 0.15) is 31.5 Å². The maximum absolute atomic E-state index is 5.53. The Hall–Kier alpha value is -0.870. The standard InChI is InChI=1S/C13H25N3O/c1-11(2)5-7-17-8-6-14-9-13-10-15-16(4)12(13)3/h10-11,14H,5-9H2,1-4H3. The molecular formula is C13H25N3O. The lowest BCUT2D eigenvalue weighted by atomic mass is 10.1. The fourth-order valence-electron chi connectivity index (χ4n) is 1.51. The summed E-state index contributed by atoms with van der Waals surface area (Å²) in [6, 6.07) is 0. The van der Waals surface area contributed by atoms with Crippen molar-refractivity contribution in [3.63, 3.8) is 0 Å². The third-order valence-electron chi connectivity index (χ3n) is 2.92. The number of nitrogens with zero attached hydrogens (tertiary/aromatic N) is 2. The summed E-state index contributed by atoms with van der Waals surface area (Å²) in [5.41, 5.74) is 2.48. The van der Waals surface area contributed by atoms with Crippen molar-refractivity contribution in [1.82, 2.24) is 15.1 Å². The number of hydrogen-bond acceptors (Lipinski definition) is 3. The summed E-state index contributed by atoms with van der Waals surface area (Å²) in [4.78, 5) is 0. The molecule has 0 saturated heterocycles. The Morgan fingerprint density at radius 2 is 2.18 bits per heavy atom. The minimum Gasteiger partial charge on any atom is -0.380 e. The highest BCUT2D eigenvalue weighted by molar-refractivity contribution is 5.15. The highest BCUT2D eigenvalue weighted by Gasteiger charge is 2.02. The maximum Gasteiger partial charge on any atom is 0.0591 e. The first-order chi connectivity index (χ1) is 8.11. The molecule has 0 unspecified atom stereocenters. The fraction of sp³-hybridized carbons (Fsp3) is 0.769. The van der Waals surface area contributed by atoms with Gasteiger partial charge in [-0.05, 0) is 19.3 Å². The first kappa shape index (κ1) is 14.2. The summed E-state index contributed by atoms with van der Waals surface area (Å²) < 4.78 is 7.43. The van der Waals surface area contributed by atoms with E-state index in [1.807, 2.05) is 17.9 Å². The Bertz CT molecular complexity index is 320. The smallest absolute Gasteiger partial charge is 0.0591 e. The van der Waals surface area contributed by atoms with Crippen LogP contribution in [0, 0.1) is 12.8 Å². The molecule has 0 radical (unpaired) electrons. The van der Waals surface area contributed by atoms with Gasteiger partial charge in [-0.3, -0.25) is 4.68 Å². The molecule has 1 aromatic rings. The van der Waals surface area contributed by atoms with Crippen LogP contribution in [0.3, 0.4) is 0 Å². The summed E-state index contributed by atoms with van der Waals surface area (Å²) in [7, 11) is 1.97. The molecule has 0 aromatic carbocycles. The van der Waals surface area contributed by atoms with Crippen LogP contribution < -0.4 is 5.32 Å². The molecule has 0 aliphatic heterocycles. The summed E-state index contributed by atoms with van der Waals surface area (Å²) in [5.74, 6) is 0.723. The van der Waals surface area contributed by atoms with Crippen molar-refractivity contribution in [3.8, 4) is 0 Å². The van der Waals surface area contributed by atoms with Crippen molar-refractivity contribution in [2.45, 2.75) is 33.7 Å². The van der Waals surface area contributed by atoms with E-state index in [1.165, 1.54) is 11.3 Å². The van der Waals surface area contributed by atoms with Gasteiger partial charge < -0.3 is 10.1 Å². The van der Waals surface area contributed by atoms with Crippen molar-refractivity contribution in [2.24, 2.45) is 13.0 Å². The summed E-state index contributed by atoms with van der Waals surface area (Å²) in [6.45, 7) is 9.93. The summed E-state index contributed by atoms with van der Waals surface area (Å²) in [6.07, 6.45) is 3.06. The van der Waals surface area contributed by atoms with Gasteiger partial charge in [-0.2, -0.15) is 5.10 Å². The summed E-state index contributed by atoms with van der Waals surface area (Å²) >= 11 is 0. The van der Waals surface area contributed by atoms with Crippen LogP contribution in [0.25, 0.3) is 0 Å². The topological polar surface area (TPSA) is 39.1 Å². The molecule has 17 heavy (non-hydrogen) atoms. The molecule has 0 aliphatic carbocycles. The van der Waals surface area contributed by atoms with Gasteiger partial charge >= 0.3 is 0 Å². The van der Waals surface area contributed by atoms with Crippen LogP contribution in [0.15, 0.2) is 6.20 Å². The molecule has 4 nitrogen and oxygen atoms in total. The van der Waals surface area contributed by atoms with Crippen LogP contribution in [0.2, 0.25) is 0 Å². The SMILES string of the molecule is Cc1c(CNCCOCCC(C)C)cnn1C. The molecule has 1 heterocycles. The van der Waals surface area contributed by atoms with Crippen LogP contribution in [0.5, 0.6) is 0 Å². The number of aryl methyl sites for hydroxylation is 1. The van der Waals surface area contributed by atoms with Gasteiger partial charge in [0, 0.05) is 38.0 Å². The quantitative estimate of drug-likeness (QED) is 0.704. The molecule has 0 amide bonds. The van der Waals surface area contributed by atoms with E-state index in [1.54, 1.807) is 0 Å². The number of nitrogens with one attached hydrogen (secondary N) is 1. The molecule has 98 valence electrons. The van der Waals surface area contributed by atoms with E-state index in [9.17, 15) is 0 Å². The molecule has 1 aromatic heterocycles. The summed E-state index contributed by atoms with van der Waals surface area (Å²) in [5, 5.41) is 7.57. The number of aromatic nitrogens is 2. The molecule has 0 spiro atoms. The largest absolute Gasteiger partial charge is 0.380 e.